The van der Waals surface area contributed by atoms with E-state index in [-0.39, 0.29) is 6.61 Å². The van der Waals surface area contributed by atoms with Crippen LogP contribution in [-0.2, 0) is 12.8 Å². The monoisotopic (exact) mass is 310 g/mol. The van der Waals surface area contributed by atoms with Crippen molar-refractivity contribution in [2.75, 3.05) is 18.1 Å². The normalized spacial score (nSPS) is 16.9. The molecule has 2 aliphatic rings. The van der Waals surface area contributed by atoms with Crippen molar-refractivity contribution < 1.29 is 5.11 Å². The maximum Gasteiger partial charge on any atom is 0.180 e. The highest BCUT2D eigenvalue weighted by molar-refractivity contribution is 5.59. The molecule has 5 heteroatoms. The van der Waals surface area contributed by atoms with Crippen molar-refractivity contribution in [3.63, 3.8) is 0 Å². The molecule has 1 saturated carbocycles. The van der Waals surface area contributed by atoms with E-state index in [1.165, 1.54) is 24.8 Å². The Morgan fingerprint density at radius 1 is 1.13 bits per heavy atom. The van der Waals surface area contributed by atoms with E-state index in [4.69, 9.17) is 9.97 Å². The maximum atomic E-state index is 9.50. The molecule has 0 bridgehead atoms. The number of aliphatic hydroxyl groups is 1. The van der Waals surface area contributed by atoms with Gasteiger partial charge in [-0.05, 0) is 50.7 Å². The van der Waals surface area contributed by atoms with Crippen molar-refractivity contribution in [2.24, 2.45) is 0 Å². The summed E-state index contributed by atoms with van der Waals surface area (Å²) in [5, 5.41) is 9.50. The van der Waals surface area contributed by atoms with Crippen molar-refractivity contribution in [1.82, 2.24) is 15.0 Å². The van der Waals surface area contributed by atoms with Crippen LogP contribution in [0.4, 0.5) is 5.82 Å². The number of aromatic nitrogens is 3. The number of nitrogens with zero attached hydrogens (tertiary/aromatic N) is 4. The van der Waals surface area contributed by atoms with E-state index in [1.54, 1.807) is 6.20 Å². The quantitative estimate of drug-likeness (QED) is 0.918. The molecule has 23 heavy (non-hydrogen) atoms. The number of pyridine rings is 1. The summed E-state index contributed by atoms with van der Waals surface area (Å²) in [6.07, 6.45) is 8.63. The van der Waals surface area contributed by atoms with Crippen LogP contribution in [0.25, 0.3) is 11.5 Å². The van der Waals surface area contributed by atoms with Gasteiger partial charge in [0.25, 0.3) is 0 Å². The van der Waals surface area contributed by atoms with E-state index < -0.39 is 0 Å². The topological polar surface area (TPSA) is 62.1 Å². The molecule has 1 fully saturated rings. The van der Waals surface area contributed by atoms with Gasteiger partial charge in [-0.3, -0.25) is 4.98 Å². The molecule has 120 valence electrons. The smallest absolute Gasteiger partial charge is 0.180 e. The highest BCUT2D eigenvalue weighted by atomic mass is 16.3. The average molecular weight is 310 g/mol. The Kier molecular flexibility index (Phi) is 3.95. The fourth-order valence-electron chi connectivity index (χ4n) is 3.53. The highest BCUT2D eigenvalue weighted by Crippen LogP contribution is 2.35. The minimum absolute atomic E-state index is 0.161. The molecule has 0 unspecified atom stereocenters. The zero-order valence-electron chi connectivity index (χ0n) is 13.3. The van der Waals surface area contributed by atoms with E-state index >= 15 is 0 Å². The zero-order valence-corrected chi connectivity index (χ0v) is 13.3. The number of fused-ring (bicyclic) bond motifs is 1. The van der Waals surface area contributed by atoms with Crippen molar-refractivity contribution in [1.29, 1.82) is 0 Å². The highest BCUT2D eigenvalue weighted by Gasteiger charge is 2.30. The van der Waals surface area contributed by atoms with Gasteiger partial charge in [-0.15, -0.1) is 0 Å². The minimum atomic E-state index is 0.161. The SMILES string of the molecule is OCCN(c1nc(-c2ccccn2)nc2c1CCC2)C1CCC1. The van der Waals surface area contributed by atoms with E-state index in [2.05, 4.69) is 9.88 Å². The van der Waals surface area contributed by atoms with Crippen LogP contribution in [0.3, 0.4) is 0 Å². The van der Waals surface area contributed by atoms with Gasteiger partial charge in [0.2, 0.25) is 0 Å². The van der Waals surface area contributed by atoms with Crippen LogP contribution in [0.2, 0.25) is 0 Å². The fraction of sp³-hybridized carbons (Fsp3) is 0.500. The van der Waals surface area contributed by atoms with E-state index in [1.807, 2.05) is 18.2 Å². The fourth-order valence-corrected chi connectivity index (χ4v) is 3.53. The first kappa shape index (κ1) is 14.6. The van der Waals surface area contributed by atoms with Gasteiger partial charge >= 0.3 is 0 Å². The second-order valence-electron chi connectivity index (χ2n) is 6.37. The van der Waals surface area contributed by atoms with Crippen LogP contribution in [0.15, 0.2) is 24.4 Å². The molecule has 1 N–H and O–H groups in total. The molecule has 0 amide bonds. The predicted molar refractivity (Wildman–Crippen MR) is 89.4 cm³/mol. The van der Waals surface area contributed by atoms with Gasteiger partial charge in [0.05, 0.1) is 6.61 Å². The summed E-state index contributed by atoms with van der Waals surface area (Å²) in [6.45, 7) is 0.809. The average Bonchev–Trinajstić information content (AvgIpc) is 3.01. The first-order chi connectivity index (χ1) is 11.4. The van der Waals surface area contributed by atoms with E-state index in [9.17, 15) is 5.11 Å². The molecule has 0 radical (unpaired) electrons. The second-order valence-corrected chi connectivity index (χ2v) is 6.37. The Hall–Kier alpha value is -2.01. The summed E-state index contributed by atoms with van der Waals surface area (Å²) in [5.41, 5.74) is 3.27. The molecule has 0 aliphatic heterocycles. The first-order valence-electron chi connectivity index (χ1n) is 8.55. The van der Waals surface area contributed by atoms with Crippen LogP contribution >= 0.6 is 0 Å². The van der Waals surface area contributed by atoms with Crippen molar-refractivity contribution >= 4 is 5.82 Å². The Balaban J connectivity index is 1.79. The number of rotatable bonds is 5. The van der Waals surface area contributed by atoms with Crippen LogP contribution < -0.4 is 4.90 Å². The third-order valence-corrected chi connectivity index (χ3v) is 4.93. The van der Waals surface area contributed by atoms with Gasteiger partial charge in [0.1, 0.15) is 11.5 Å². The number of anilines is 1. The summed E-state index contributed by atoms with van der Waals surface area (Å²) >= 11 is 0. The summed E-state index contributed by atoms with van der Waals surface area (Å²) in [5.74, 6) is 1.75. The largest absolute Gasteiger partial charge is 0.395 e. The maximum absolute atomic E-state index is 9.50. The van der Waals surface area contributed by atoms with Gasteiger partial charge in [0, 0.05) is 30.0 Å². The minimum Gasteiger partial charge on any atom is -0.395 e. The van der Waals surface area contributed by atoms with Gasteiger partial charge in [-0.2, -0.15) is 0 Å². The van der Waals surface area contributed by atoms with Crippen LogP contribution in [0.5, 0.6) is 0 Å². The number of hydrogen-bond acceptors (Lipinski definition) is 5. The Morgan fingerprint density at radius 3 is 2.74 bits per heavy atom. The molecule has 2 heterocycles. The summed E-state index contributed by atoms with van der Waals surface area (Å²) in [7, 11) is 0. The molecule has 2 aromatic heterocycles. The van der Waals surface area contributed by atoms with Crippen molar-refractivity contribution in [2.45, 2.75) is 44.6 Å². The Bertz CT molecular complexity index is 685. The molecule has 2 aromatic rings. The lowest BCUT2D eigenvalue weighted by Gasteiger charge is -2.39. The lowest BCUT2D eigenvalue weighted by Crippen LogP contribution is -2.43. The molecule has 0 saturated heterocycles. The standard InChI is InChI=1S/C18H22N4O/c23-12-11-22(13-5-3-6-13)18-14-7-4-9-15(14)20-17(21-18)16-8-1-2-10-19-16/h1-2,8,10,13,23H,3-7,9,11-12H2. The van der Waals surface area contributed by atoms with Crippen molar-refractivity contribution in [3.8, 4) is 11.5 Å². The molecule has 0 aromatic carbocycles. The third-order valence-electron chi connectivity index (χ3n) is 4.93. The second kappa shape index (κ2) is 6.24. The van der Waals surface area contributed by atoms with Gasteiger partial charge in [-0.25, -0.2) is 9.97 Å². The van der Waals surface area contributed by atoms with E-state index in [0.29, 0.717) is 18.4 Å². The molecular formula is C18H22N4O. The Morgan fingerprint density at radius 2 is 2.04 bits per heavy atom. The summed E-state index contributed by atoms with van der Waals surface area (Å²) in [4.78, 5) is 16.4. The number of aliphatic hydroxyl groups excluding tert-OH is 1. The van der Waals surface area contributed by atoms with Crippen LogP contribution in [-0.4, -0.2) is 39.3 Å². The number of aryl methyl sites for hydroxylation is 1. The van der Waals surface area contributed by atoms with E-state index in [0.717, 1.165) is 36.5 Å². The van der Waals surface area contributed by atoms with Gasteiger partial charge in [-0.1, -0.05) is 6.07 Å². The zero-order chi connectivity index (χ0) is 15.6. The molecule has 0 atom stereocenters. The lowest BCUT2D eigenvalue weighted by atomic mass is 9.91. The van der Waals surface area contributed by atoms with Crippen LogP contribution in [0, 0.1) is 0 Å². The molecule has 2 aliphatic carbocycles. The summed E-state index contributed by atoms with van der Waals surface area (Å²) < 4.78 is 0. The van der Waals surface area contributed by atoms with Gasteiger partial charge < -0.3 is 10.0 Å². The molecule has 0 spiro atoms. The third kappa shape index (κ3) is 2.70. The lowest BCUT2D eigenvalue weighted by molar-refractivity contribution is 0.282. The van der Waals surface area contributed by atoms with Crippen molar-refractivity contribution in [3.05, 3.63) is 35.7 Å². The Labute approximate surface area is 136 Å². The predicted octanol–water partition coefficient (Wildman–Crippen LogP) is 2.38. The number of hydrogen-bond donors (Lipinski definition) is 1. The molecular weight excluding hydrogens is 288 g/mol. The first-order valence-corrected chi connectivity index (χ1v) is 8.55. The van der Waals surface area contributed by atoms with Crippen LogP contribution in [0.1, 0.15) is 36.9 Å². The molecule has 4 rings (SSSR count). The van der Waals surface area contributed by atoms with Gasteiger partial charge in [0.15, 0.2) is 5.82 Å². The molecule has 5 nitrogen and oxygen atoms in total. The summed E-state index contributed by atoms with van der Waals surface area (Å²) in [6, 6.07) is 6.35.